The molecule has 2 aliphatic rings. The molecule has 1 amide bonds. The van der Waals surface area contributed by atoms with E-state index in [1.807, 2.05) is 25.1 Å². The molecule has 2 heterocycles. The Morgan fingerprint density at radius 1 is 1.42 bits per heavy atom. The highest BCUT2D eigenvalue weighted by Gasteiger charge is 2.37. The van der Waals surface area contributed by atoms with Gasteiger partial charge in [0.1, 0.15) is 0 Å². The predicted octanol–water partition coefficient (Wildman–Crippen LogP) is 2.58. The number of amides is 1. The third-order valence-electron chi connectivity index (χ3n) is 4.29. The van der Waals surface area contributed by atoms with Crippen molar-refractivity contribution in [3.05, 3.63) is 33.8 Å². The molecule has 3 nitrogen and oxygen atoms in total. The van der Waals surface area contributed by atoms with E-state index >= 15 is 0 Å². The van der Waals surface area contributed by atoms with Gasteiger partial charge in [0.25, 0.3) is 5.91 Å². The van der Waals surface area contributed by atoms with Crippen LogP contribution in [0.5, 0.6) is 0 Å². The number of halogens is 1. The van der Waals surface area contributed by atoms with Crippen LogP contribution >= 0.6 is 15.9 Å². The standard InChI is InChI=1S/C15H19BrN2O/c1-10-4-5-13(16)12(7-10)15(19)18-6-2-3-11-8-17-9-14(11)18/h4-5,7,11,14,17H,2-3,6,8-9H2,1H3. The van der Waals surface area contributed by atoms with Crippen molar-refractivity contribution in [3.8, 4) is 0 Å². The topological polar surface area (TPSA) is 32.3 Å². The Labute approximate surface area is 122 Å². The fourth-order valence-electron chi connectivity index (χ4n) is 3.28. The molecule has 1 aromatic rings. The number of hydrogen-bond acceptors (Lipinski definition) is 2. The van der Waals surface area contributed by atoms with Crippen LogP contribution in [0.25, 0.3) is 0 Å². The molecule has 0 aliphatic carbocycles. The van der Waals surface area contributed by atoms with Crippen LogP contribution in [0.15, 0.2) is 22.7 Å². The highest BCUT2D eigenvalue weighted by Crippen LogP contribution is 2.29. The van der Waals surface area contributed by atoms with E-state index in [9.17, 15) is 4.79 Å². The highest BCUT2D eigenvalue weighted by molar-refractivity contribution is 9.10. The highest BCUT2D eigenvalue weighted by atomic mass is 79.9. The van der Waals surface area contributed by atoms with Crippen LogP contribution in [0.1, 0.15) is 28.8 Å². The first-order valence-electron chi connectivity index (χ1n) is 6.94. The van der Waals surface area contributed by atoms with Crippen LogP contribution in [0.2, 0.25) is 0 Å². The Kier molecular flexibility index (Phi) is 3.63. The maximum absolute atomic E-state index is 12.8. The van der Waals surface area contributed by atoms with Gasteiger partial charge in [-0.05, 0) is 53.7 Å². The first-order valence-corrected chi connectivity index (χ1v) is 7.74. The molecule has 4 heteroatoms. The summed E-state index contributed by atoms with van der Waals surface area (Å²) in [5.74, 6) is 0.815. The van der Waals surface area contributed by atoms with Gasteiger partial charge in [-0.25, -0.2) is 0 Å². The van der Waals surface area contributed by atoms with E-state index in [0.29, 0.717) is 12.0 Å². The second kappa shape index (κ2) is 5.25. The molecule has 0 radical (unpaired) electrons. The molecule has 1 N–H and O–H groups in total. The Balaban J connectivity index is 1.88. The number of nitrogens with zero attached hydrogens (tertiary/aromatic N) is 1. The van der Waals surface area contributed by atoms with Gasteiger partial charge in [-0.2, -0.15) is 0 Å². The summed E-state index contributed by atoms with van der Waals surface area (Å²) in [6.45, 7) is 4.92. The van der Waals surface area contributed by atoms with E-state index < -0.39 is 0 Å². The summed E-state index contributed by atoms with van der Waals surface area (Å²) in [5.41, 5.74) is 1.93. The Bertz CT molecular complexity index is 503. The van der Waals surface area contributed by atoms with Crippen molar-refractivity contribution in [2.45, 2.75) is 25.8 Å². The average Bonchev–Trinajstić information content (AvgIpc) is 2.89. The minimum absolute atomic E-state index is 0.175. The smallest absolute Gasteiger partial charge is 0.255 e. The second-order valence-corrected chi connectivity index (χ2v) is 6.46. The number of aryl methyl sites for hydroxylation is 1. The number of carbonyl (C=O) groups is 1. The predicted molar refractivity (Wildman–Crippen MR) is 79.3 cm³/mol. The first-order chi connectivity index (χ1) is 9.16. The fourth-order valence-corrected chi connectivity index (χ4v) is 3.69. The van der Waals surface area contributed by atoms with Crippen LogP contribution in [-0.4, -0.2) is 36.5 Å². The largest absolute Gasteiger partial charge is 0.334 e. The van der Waals surface area contributed by atoms with Gasteiger partial charge in [-0.15, -0.1) is 0 Å². The number of fused-ring (bicyclic) bond motifs is 1. The minimum Gasteiger partial charge on any atom is -0.334 e. The van der Waals surface area contributed by atoms with Gasteiger partial charge in [-0.3, -0.25) is 4.79 Å². The number of piperidine rings is 1. The molecule has 102 valence electrons. The number of carbonyl (C=O) groups excluding carboxylic acids is 1. The zero-order valence-electron chi connectivity index (χ0n) is 11.2. The lowest BCUT2D eigenvalue weighted by Gasteiger charge is -2.37. The van der Waals surface area contributed by atoms with Crippen molar-refractivity contribution in [1.82, 2.24) is 10.2 Å². The van der Waals surface area contributed by atoms with E-state index in [4.69, 9.17) is 0 Å². The molecule has 3 rings (SSSR count). The van der Waals surface area contributed by atoms with Crippen molar-refractivity contribution in [3.63, 3.8) is 0 Å². The van der Waals surface area contributed by atoms with E-state index in [0.717, 1.165) is 41.7 Å². The molecule has 0 aromatic heterocycles. The van der Waals surface area contributed by atoms with Crippen LogP contribution < -0.4 is 5.32 Å². The maximum Gasteiger partial charge on any atom is 0.255 e. The molecular formula is C15H19BrN2O. The van der Waals surface area contributed by atoms with E-state index in [1.54, 1.807) is 0 Å². The lowest BCUT2D eigenvalue weighted by Crippen LogP contribution is -2.48. The van der Waals surface area contributed by atoms with E-state index in [1.165, 1.54) is 6.42 Å². The summed E-state index contributed by atoms with van der Waals surface area (Å²) in [6, 6.07) is 6.36. The fraction of sp³-hybridized carbons (Fsp3) is 0.533. The van der Waals surface area contributed by atoms with Gasteiger partial charge in [-0.1, -0.05) is 11.6 Å². The maximum atomic E-state index is 12.8. The van der Waals surface area contributed by atoms with Crippen molar-refractivity contribution in [2.24, 2.45) is 5.92 Å². The number of rotatable bonds is 1. The summed E-state index contributed by atoms with van der Waals surface area (Å²) < 4.78 is 0.899. The third kappa shape index (κ3) is 2.43. The summed E-state index contributed by atoms with van der Waals surface area (Å²) in [4.78, 5) is 14.9. The quantitative estimate of drug-likeness (QED) is 0.862. The van der Waals surface area contributed by atoms with Gasteiger partial charge in [0, 0.05) is 30.1 Å². The molecule has 2 fully saturated rings. The minimum atomic E-state index is 0.175. The van der Waals surface area contributed by atoms with Gasteiger partial charge in [0.05, 0.1) is 5.56 Å². The van der Waals surface area contributed by atoms with Gasteiger partial charge in [0.2, 0.25) is 0 Å². The molecule has 1 aromatic carbocycles. The molecule has 0 saturated carbocycles. The Morgan fingerprint density at radius 2 is 2.26 bits per heavy atom. The van der Waals surface area contributed by atoms with Crippen molar-refractivity contribution in [1.29, 1.82) is 0 Å². The summed E-state index contributed by atoms with van der Waals surface area (Å²) in [7, 11) is 0. The SMILES string of the molecule is Cc1ccc(Br)c(C(=O)N2CCCC3CNCC32)c1. The molecule has 2 aliphatic heterocycles. The van der Waals surface area contributed by atoms with Crippen molar-refractivity contribution in [2.75, 3.05) is 19.6 Å². The van der Waals surface area contributed by atoms with Crippen LogP contribution in [0.3, 0.4) is 0 Å². The van der Waals surface area contributed by atoms with Crippen LogP contribution in [0, 0.1) is 12.8 Å². The zero-order chi connectivity index (χ0) is 13.4. The van der Waals surface area contributed by atoms with Gasteiger partial charge in [0.15, 0.2) is 0 Å². The molecule has 2 unspecified atom stereocenters. The van der Waals surface area contributed by atoms with E-state index in [-0.39, 0.29) is 5.91 Å². The van der Waals surface area contributed by atoms with Crippen molar-refractivity contribution >= 4 is 21.8 Å². The van der Waals surface area contributed by atoms with Crippen LogP contribution in [0.4, 0.5) is 0 Å². The number of nitrogens with one attached hydrogen (secondary N) is 1. The molecule has 0 bridgehead atoms. The van der Waals surface area contributed by atoms with Crippen LogP contribution in [-0.2, 0) is 0 Å². The second-order valence-electron chi connectivity index (χ2n) is 5.61. The average molecular weight is 323 g/mol. The lowest BCUT2D eigenvalue weighted by atomic mass is 9.91. The third-order valence-corrected chi connectivity index (χ3v) is 4.98. The molecular weight excluding hydrogens is 304 g/mol. The molecule has 2 atom stereocenters. The number of benzene rings is 1. The lowest BCUT2D eigenvalue weighted by molar-refractivity contribution is 0.0574. The summed E-state index contributed by atoms with van der Waals surface area (Å²) >= 11 is 3.51. The molecule has 19 heavy (non-hydrogen) atoms. The summed E-state index contributed by atoms with van der Waals surface area (Å²) in [5, 5.41) is 3.42. The van der Waals surface area contributed by atoms with E-state index in [2.05, 4.69) is 26.1 Å². The Hall–Kier alpha value is -0.870. The van der Waals surface area contributed by atoms with Gasteiger partial charge >= 0.3 is 0 Å². The number of likely N-dealkylation sites (tertiary alicyclic amines) is 1. The number of hydrogen-bond donors (Lipinski definition) is 1. The Morgan fingerprint density at radius 3 is 3.11 bits per heavy atom. The normalized spacial score (nSPS) is 26.3. The monoisotopic (exact) mass is 322 g/mol. The zero-order valence-corrected chi connectivity index (χ0v) is 12.7. The van der Waals surface area contributed by atoms with Crippen molar-refractivity contribution < 1.29 is 4.79 Å². The molecule has 0 spiro atoms. The molecule has 2 saturated heterocycles. The summed E-state index contributed by atoms with van der Waals surface area (Å²) in [6.07, 6.45) is 2.37. The first kappa shape index (κ1) is 13.1. The van der Waals surface area contributed by atoms with Gasteiger partial charge < -0.3 is 10.2 Å².